The van der Waals surface area contributed by atoms with E-state index in [9.17, 15) is 18.0 Å². The molecule has 0 aliphatic heterocycles. The molecule has 0 aliphatic carbocycles. The van der Waals surface area contributed by atoms with Crippen LogP contribution >= 0.6 is 0 Å². The summed E-state index contributed by atoms with van der Waals surface area (Å²) < 4.78 is 41.4. The second-order valence-electron chi connectivity index (χ2n) is 2.99. The van der Waals surface area contributed by atoms with Crippen LogP contribution in [0.1, 0.15) is 0 Å². The fourth-order valence-corrected chi connectivity index (χ4v) is 0.928. The summed E-state index contributed by atoms with van der Waals surface area (Å²) in [5.41, 5.74) is 9.53. The van der Waals surface area contributed by atoms with Crippen LogP contribution in [0.4, 0.5) is 18.0 Å². The number of ether oxygens (including phenoxy) is 1. The standard InChI is InChI=1S/C7H13F3N4O3/c8-7(9,10)4(5(11)14-16)3-13-1-2-17-6(12)15/h4,13,16H,1-3H2,(H2,11,14)(H2,12,15). The number of carbonyl (C=O) groups is 1. The molecule has 6 N–H and O–H groups in total. The highest BCUT2D eigenvalue weighted by molar-refractivity contribution is 5.83. The number of alkyl halides is 3. The number of nitrogens with two attached hydrogens (primary N) is 2. The van der Waals surface area contributed by atoms with Gasteiger partial charge in [0.25, 0.3) is 0 Å². The molecule has 0 aromatic heterocycles. The van der Waals surface area contributed by atoms with Gasteiger partial charge in [0.1, 0.15) is 12.5 Å². The van der Waals surface area contributed by atoms with E-state index >= 15 is 0 Å². The zero-order chi connectivity index (χ0) is 13.5. The molecule has 0 spiro atoms. The average Bonchev–Trinajstić information content (AvgIpc) is 2.20. The van der Waals surface area contributed by atoms with E-state index in [1.54, 1.807) is 0 Å². The van der Waals surface area contributed by atoms with Gasteiger partial charge < -0.3 is 26.7 Å². The third-order valence-electron chi connectivity index (χ3n) is 1.74. The Morgan fingerprint density at radius 1 is 1.47 bits per heavy atom. The highest BCUT2D eigenvalue weighted by Crippen LogP contribution is 2.25. The number of carbonyl (C=O) groups excluding carboxylic acids is 1. The number of primary amides is 1. The minimum absolute atomic E-state index is 0.0335. The predicted molar refractivity (Wildman–Crippen MR) is 51.4 cm³/mol. The smallest absolute Gasteiger partial charge is 0.404 e. The lowest BCUT2D eigenvalue weighted by Crippen LogP contribution is -2.43. The third-order valence-corrected chi connectivity index (χ3v) is 1.74. The number of amides is 1. The molecule has 100 valence electrons. The Morgan fingerprint density at radius 3 is 2.47 bits per heavy atom. The number of halogens is 3. The van der Waals surface area contributed by atoms with Gasteiger partial charge in [-0.15, -0.1) is 0 Å². The summed E-state index contributed by atoms with van der Waals surface area (Å²) in [4.78, 5) is 10.1. The van der Waals surface area contributed by atoms with Gasteiger partial charge in [-0.05, 0) is 0 Å². The van der Waals surface area contributed by atoms with Crippen molar-refractivity contribution in [3.8, 4) is 0 Å². The van der Waals surface area contributed by atoms with Gasteiger partial charge in [0.05, 0.1) is 0 Å². The highest BCUT2D eigenvalue weighted by atomic mass is 19.4. The van der Waals surface area contributed by atoms with E-state index in [4.69, 9.17) is 10.9 Å². The number of hydrogen-bond acceptors (Lipinski definition) is 5. The fraction of sp³-hybridized carbons (Fsp3) is 0.714. The van der Waals surface area contributed by atoms with Gasteiger partial charge >= 0.3 is 12.3 Å². The van der Waals surface area contributed by atoms with E-state index in [-0.39, 0.29) is 13.2 Å². The van der Waals surface area contributed by atoms with Crippen LogP contribution in [0.2, 0.25) is 0 Å². The van der Waals surface area contributed by atoms with Crippen molar-refractivity contribution in [3.63, 3.8) is 0 Å². The molecule has 7 nitrogen and oxygen atoms in total. The van der Waals surface area contributed by atoms with Gasteiger partial charge in [0, 0.05) is 13.1 Å². The van der Waals surface area contributed by atoms with Crippen LogP contribution < -0.4 is 16.8 Å². The van der Waals surface area contributed by atoms with Crippen LogP contribution in [0.5, 0.6) is 0 Å². The Kier molecular flexibility index (Phi) is 6.10. The van der Waals surface area contributed by atoms with E-state index < -0.39 is 30.6 Å². The lowest BCUT2D eigenvalue weighted by Gasteiger charge is -2.19. The summed E-state index contributed by atoms with van der Waals surface area (Å²) >= 11 is 0. The van der Waals surface area contributed by atoms with Crippen molar-refractivity contribution < 1.29 is 27.9 Å². The quantitative estimate of drug-likeness (QED) is 0.170. The lowest BCUT2D eigenvalue weighted by molar-refractivity contribution is -0.154. The molecule has 0 aromatic carbocycles. The molecule has 0 aromatic rings. The first kappa shape index (κ1) is 15.3. The van der Waals surface area contributed by atoms with E-state index in [1.807, 2.05) is 0 Å². The molecule has 0 bridgehead atoms. The maximum Gasteiger partial charge on any atom is 0.404 e. The number of oxime groups is 1. The maximum atomic E-state index is 12.4. The second-order valence-corrected chi connectivity index (χ2v) is 2.99. The van der Waals surface area contributed by atoms with Crippen molar-refractivity contribution in [1.29, 1.82) is 0 Å². The maximum absolute atomic E-state index is 12.4. The Hall–Kier alpha value is -1.71. The number of rotatable bonds is 6. The Balaban J connectivity index is 4.07. The molecule has 0 aliphatic rings. The van der Waals surface area contributed by atoms with Crippen LogP contribution in [0.3, 0.4) is 0 Å². The molecular formula is C7H13F3N4O3. The number of nitrogens with one attached hydrogen (secondary N) is 1. The summed E-state index contributed by atoms with van der Waals surface area (Å²) in [5, 5.41) is 12.8. The summed E-state index contributed by atoms with van der Waals surface area (Å²) in [5.74, 6) is -3.05. The first-order chi connectivity index (χ1) is 7.79. The van der Waals surface area contributed by atoms with Gasteiger partial charge in [-0.2, -0.15) is 13.2 Å². The van der Waals surface area contributed by atoms with E-state index in [0.29, 0.717) is 0 Å². The van der Waals surface area contributed by atoms with Crippen molar-refractivity contribution in [1.82, 2.24) is 5.32 Å². The summed E-state index contributed by atoms with van der Waals surface area (Å²) in [6, 6.07) is 0. The van der Waals surface area contributed by atoms with E-state index in [1.165, 1.54) is 0 Å². The number of nitrogens with zero attached hydrogens (tertiary/aromatic N) is 1. The normalized spacial score (nSPS) is 14.4. The van der Waals surface area contributed by atoms with Gasteiger partial charge in [0.15, 0.2) is 5.84 Å². The molecule has 1 amide bonds. The van der Waals surface area contributed by atoms with Gasteiger partial charge in [-0.3, -0.25) is 0 Å². The molecule has 0 radical (unpaired) electrons. The first-order valence-corrected chi connectivity index (χ1v) is 4.46. The van der Waals surface area contributed by atoms with Crippen molar-refractivity contribution >= 4 is 11.9 Å². The molecule has 17 heavy (non-hydrogen) atoms. The molecule has 0 saturated carbocycles. The molecule has 0 saturated heterocycles. The van der Waals surface area contributed by atoms with Crippen LogP contribution in [0, 0.1) is 5.92 Å². The molecule has 10 heteroatoms. The largest absolute Gasteiger partial charge is 0.448 e. The molecular weight excluding hydrogens is 245 g/mol. The molecule has 0 rings (SSSR count). The number of amidine groups is 1. The topological polar surface area (TPSA) is 123 Å². The SMILES string of the molecule is NC(=O)OCCNCC(C(N)=NO)C(F)(F)F. The van der Waals surface area contributed by atoms with Crippen LogP contribution in [0.15, 0.2) is 5.16 Å². The van der Waals surface area contributed by atoms with Crippen molar-refractivity contribution in [3.05, 3.63) is 0 Å². The Bertz CT molecular complexity index is 282. The fourth-order valence-electron chi connectivity index (χ4n) is 0.928. The first-order valence-electron chi connectivity index (χ1n) is 4.46. The molecule has 0 fully saturated rings. The Morgan fingerprint density at radius 2 is 2.06 bits per heavy atom. The second kappa shape index (κ2) is 6.78. The zero-order valence-electron chi connectivity index (χ0n) is 8.70. The van der Waals surface area contributed by atoms with E-state index in [2.05, 4.69) is 20.9 Å². The van der Waals surface area contributed by atoms with Crippen molar-refractivity contribution in [2.75, 3.05) is 19.7 Å². The lowest BCUT2D eigenvalue weighted by atomic mass is 10.1. The minimum atomic E-state index is -4.63. The molecule has 1 atom stereocenters. The van der Waals surface area contributed by atoms with Gasteiger partial charge in [-0.1, -0.05) is 5.16 Å². The third kappa shape index (κ3) is 6.45. The van der Waals surface area contributed by atoms with Crippen molar-refractivity contribution in [2.45, 2.75) is 6.18 Å². The van der Waals surface area contributed by atoms with Crippen molar-refractivity contribution in [2.24, 2.45) is 22.5 Å². The van der Waals surface area contributed by atoms with Crippen LogP contribution in [-0.2, 0) is 4.74 Å². The monoisotopic (exact) mass is 258 g/mol. The van der Waals surface area contributed by atoms with Crippen LogP contribution in [0.25, 0.3) is 0 Å². The highest BCUT2D eigenvalue weighted by Gasteiger charge is 2.42. The summed E-state index contributed by atoms with van der Waals surface area (Å²) in [6.07, 6.45) is -5.65. The molecule has 1 unspecified atom stereocenters. The summed E-state index contributed by atoms with van der Waals surface area (Å²) in [7, 11) is 0. The van der Waals surface area contributed by atoms with Crippen LogP contribution in [-0.4, -0.2) is 43.0 Å². The number of hydrogen-bond donors (Lipinski definition) is 4. The van der Waals surface area contributed by atoms with Gasteiger partial charge in [-0.25, -0.2) is 4.79 Å². The average molecular weight is 258 g/mol. The van der Waals surface area contributed by atoms with E-state index in [0.717, 1.165) is 0 Å². The minimum Gasteiger partial charge on any atom is -0.448 e. The zero-order valence-corrected chi connectivity index (χ0v) is 8.70. The molecule has 0 heterocycles. The summed E-state index contributed by atoms with van der Waals surface area (Å²) in [6.45, 7) is -0.800. The Labute approximate surface area is 94.6 Å². The predicted octanol–water partition coefficient (Wildman–Crippen LogP) is -0.404. The van der Waals surface area contributed by atoms with Gasteiger partial charge in [0.2, 0.25) is 0 Å².